The summed E-state index contributed by atoms with van der Waals surface area (Å²) in [6.45, 7) is 5.25. The zero-order valence-corrected chi connectivity index (χ0v) is 12.6. The molecule has 1 aliphatic heterocycles. The lowest BCUT2D eigenvalue weighted by molar-refractivity contribution is 0.430. The predicted molar refractivity (Wildman–Crippen MR) is 83.9 cm³/mol. The van der Waals surface area contributed by atoms with Gasteiger partial charge < -0.3 is 10.2 Å². The average Bonchev–Trinajstić information content (AvgIpc) is 3.15. The molecule has 1 aromatic rings. The highest BCUT2D eigenvalue weighted by Gasteiger charge is 2.33. The lowest BCUT2D eigenvalue weighted by Crippen LogP contribution is -2.34. The molecule has 0 amide bonds. The Morgan fingerprint density at radius 2 is 2.10 bits per heavy atom. The van der Waals surface area contributed by atoms with Crippen molar-refractivity contribution in [2.75, 3.05) is 18.0 Å². The van der Waals surface area contributed by atoms with Gasteiger partial charge >= 0.3 is 0 Å². The van der Waals surface area contributed by atoms with Gasteiger partial charge in [-0.15, -0.1) is 0 Å². The second-order valence-electron chi connectivity index (χ2n) is 6.23. The summed E-state index contributed by atoms with van der Waals surface area (Å²) in [6, 6.07) is 5.27. The van der Waals surface area contributed by atoms with Gasteiger partial charge in [0.1, 0.15) is 0 Å². The van der Waals surface area contributed by atoms with Crippen LogP contribution in [0.1, 0.15) is 51.1 Å². The maximum Gasteiger partial charge on any atom is 0.0562 e. The molecule has 3 nitrogen and oxygen atoms in total. The molecule has 1 aliphatic carbocycles. The predicted octanol–water partition coefficient (Wildman–Crippen LogP) is 3.35. The van der Waals surface area contributed by atoms with Gasteiger partial charge in [-0.25, -0.2) is 0 Å². The smallest absolute Gasteiger partial charge is 0.0562 e. The Bertz CT molecular complexity index is 426. The van der Waals surface area contributed by atoms with Crippen LogP contribution in [0.3, 0.4) is 0 Å². The molecule has 0 radical (unpaired) electrons. The highest BCUT2D eigenvalue weighted by atomic mass is 15.2. The maximum absolute atomic E-state index is 4.48. The van der Waals surface area contributed by atoms with Gasteiger partial charge in [0.25, 0.3) is 0 Å². The second kappa shape index (κ2) is 6.57. The van der Waals surface area contributed by atoms with Crippen molar-refractivity contribution in [2.24, 2.45) is 5.92 Å². The molecule has 2 fully saturated rings. The van der Waals surface area contributed by atoms with Gasteiger partial charge in [-0.05, 0) is 50.3 Å². The van der Waals surface area contributed by atoms with Crippen molar-refractivity contribution in [1.29, 1.82) is 0 Å². The molecular formula is C17H27N3. The van der Waals surface area contributed by atoms with Gasteiger partial charge in [0.15, 0.2) is 0 Å². The molecule has 1 unspecified atom stereocenters. The summed E-state index contributed by atoms with van der Waals surface area (Å²) >= 11 is 0. The van der Waals surface area contributed by atoms with Crippen molar-refractivity contribution < 1.29 is 0 Å². The van der Waals surface area contributed by atoms with Crippen LogP contribution in [0.15, 0.2) is 18.3 Å². The van der Waals surface area contributed by atoms with Crippen LogP contribution in [0.25, 0.3) is 0 Å². The average molecular weight is 273 g/mol. The third kappa shape index (κ3) is 2.98. The molecule has 2 aliphatic rings. The third-order valence-corrected chi connectivity index (χ3v) is 4.93. The van der Waals surface area contributed by atoms with Crippen molar-refractivity contribution in [1.82, 2.24) is 10.3 Å². The third-order valence-electron chi connectivity index (χ3n) is 4.93. The fourth-order valence-corrected chi connectivity index (χ4v) is 3.94. The molecule has 1 aromatic heterocycles. The molecule has 0 aromatic carbocycles. The molecule has 3 heteroatoms. The quantitative estimate of drug-likeness (QED) is 0.891. The van der Waals surface area contributed by atoms with Gasteiger partial charge in [-0.3, -0.25) is 4.98 Å². The summed E-state index contributed by atoms with van der Waals surface area (Å²) in [5, 5.41) is 3.37. The second-order valence-corrected chi connectivity index (χ2v) is 6.23. The molecule has 1 saturated heterocycles. The fourth-order valence-electron chi connectivity index (χ4n) is 3.94. The summed E-state index contributed by atoms with van der Waals surface area (Å²) in [6.07, 6.45) is 10.5. The Kier molecular flexibility index (Phi) is 4.56. The van der Waals surface area contributed by atoms with E-state index in [0.717, 1.165) is 25.0 Å². The molecule has 0 spiro atoms. The molecule has 1 saturated carbocycles. The maximum atomic E-state index is 4.48. The minimum atomic E-state index is 0.784. The van der Waals surface area contributed by atoms with Crippen LogP contribution in [0.2, 0.25) is 0 Å². The largest absolute Gasteiger partial charge is 0.368 e. The SMILES string of the molecule is CCNCc1cc(N2CCCC2C2CCCC2)ccn1. The van der Waals surface area contributed by atoms with E-state index in [1.807, 2.05) is 6.20 Å². The molecule has 110 valence electrons. The van der Waals surface area contributed by atoms with Crippen LogP contribution in [-0.4, -0.2) is 24.1 Å². The minimum Gasteiger partial charge on any atom is -0.368 e. The zero-order valence-electron chi connectivity index (χ0n) is 12.6. The van der Waals surface area contributed by atoms with E-state index in [4.69, 9.17) is 0 Å². The van der Waals surface area contributed by atoms with Gasteiger partial charge in [-0.2, -0.15) is 0 Å². The van der Waals surface area contributed by atoms with Crippen molar-refractivity contribution in [3.63, 3.8) is 0 Å². The van der Waals surface area contributed by atoms with Gasteiger partial charge in [-0.1, -0.05) is 19.8 Å². The van der Waals surface area contributed by atoms with Crippen LogP contribution in [0.4, 0.5) is 5.69 Å². The highest BCUT2D eigenvalue weighted by Crippen LogP contribution is 2.37. The van der Waals surface area contributed by atoms with E-state index in [1.54, 1.807) is 0 Å². The molecular weight excluding hydrogens is 246 g/mol. The first kappa shape index (κ1) is 13.9. The Balaban J connectivity index is 1.73. The van der Waals surface area contributed by atoms with Crippen LogP contribution < -0.4 is 10.2 Å². The van der Waals surface area contributed by atoms with E-state index in [0.29, 0.717) is 0 Å². The highest BCUT2D eigenvalue weighted by molar-refractivity contribution is 5.48. The molecule has 20 heavy (non-hydrogen) atoms. The van der Waals surface area contributed by atoms with E-state index in [9.17, 15) is 0 Å². The number of nitrogens with one attached hydrogen (secondary N) is 1. The lowest BCUT2D eigenvalue weighted by atomic mass is 9.96. The molecule has 1 N–H and O–H groups in total. The Labute approximate surface area is 122 Å². The van der Waals surface area contributed by atoms with Crippen molar-refractivity contribution in [2.45, 2.75) is 58.0 Å². The molecule has 1 atom stereocenters. The van der Waals surface area contributed by atoms with Crippen molar-refractivity contribution in [3.8, 4) is 0 Å². The van der Waals surface area contributed by atoms with Crippen LogP contribution in [0.5, 0.6) is 0 Å². The number of aromatic nitrogens is 1. The molecule has 3 rings (SSSR count). The van der Waals surface area contributed by atoms with Gasteiger partial charge in [0.05, 0.1) is 5.69 Å². The van der Waals surface area contributed by atoms with E-state index in [-0.39, 0.29) is 0 Å². The Hall–Kier alpha value is -1.09. The summed E-state index contributed by atoms with van der Waals surface area (Å²) in [4.78, 5) is 7.14. The summed E-state index contributed by atoms with van der Waals surface area (Å²) in [5.41, 5.74) is 2.56. The van der Waals surface area contributed by atoms with Gasteiger partial charge in [0, 0.05) is 31.0 Å². The van der Waals surface area contributed by atoms with Crippen molar-refractivity contribution in [3.05, 3.63) is 24.0 Å². The van der Waals surface area contributed by atoms with E-state index in [1.165, 1.54) is 56.5 Å². The number of nitrogens with zero attached hydrogens (tertiary/aromatic N) is 2. The first-order valence-electron chi connectivity index (χ1n) is 8.31. The van der Waals surface area contributed by atoms with E-state index >= 15 is 0 Å². The topological polar surface area (TPSA) is 28.2 Å². The normalized spacial score (nSPS) is 23.6. The van der Waals surface area contributed by atoms with E-state index in [2.05, 4.69) is 34.3 Å². The number of pyridine rings is 1. The number of hydrogen-bond acceptors (Lipinski definition) is 3. The van der Waals surface area contributed by atoms with Crippen LogP contribution in [-0.2, 0) is 6.54 Å². The summed E-state index contributed by atoms with van der Waals surface area (Å²) < 4.78 is 0. The first-order valence-corrected chi connectivity index (χ1v) is 8.31. The first-order chi connectivity index (χ1) is 9.88. The van der Waals surface area contributed by atoms with Crippen LogP contribution >= 0.6 is 0 Å². The number of anilines is 1. The zero-order chi connectivity index (χ0) is 13.8. The lowest BCUT2D eigenvalue weighted by Gasteiger charge is -2.31. The fraction of sp³-hybridized carbons (Fsp3) is 0.706. The van der Waals surface area contributed by atoms with Gasteiger partial charge in [0.2, 0.25) is 0 Å². The van der Waals surface area contributed by atoms with E-state index < -0.39 is 0 Å². The molecule has 2 heterocycles. The van der Waals surface area contributed by atoms with Crippen LogP contribution in [0, 0.1) is 5.92 Å². The summed E-state index contributed by atoms with van der Waals surface area (Å²) in [5.74, 6) is 0.933. The molecule has 0 bridgehead atoms. The number of rotatable bonds is 5. The standard InChI is InChI=1S/C17H27N3/c1-2-18-13-15-12-16(9-10-19-15)20-11-5-8-17(20)14-6-3-4-7-14/h9-10,12,14,17-18H,2-8,11,13H2,1H3. The Morgan fingerprint density at radius 3 is 2.90 bits per heavy atom. The Morgan fingerprint density at radius 1 is 1.25 bits per heavy atom. The minimum absolute atomic E-state index is 0.784. The monoisotopic (exact) mass is 273 g/mol. The summed E-state index contributed by atoms with van der Waals surface area (Å²) in [7, 11) is 0. The van der Waals surface area contributed by atoms with Crippen molar-refractivity contribution >= 4 is 5.69 Å². The number of hydrogen-bond donors (Lipinski definition) is 1.